The van der Waals surface area contributed by atoms with Gasteiger partial charge in [0.1, 0.15) is 5.69 Å². The molecule has 0 atom stereocenters. The van der Waals surface area contributed by atoms with Gasteiger partial charge in [0.25, 0.3) is 0 Å². The van der Waals surface area contributed by atoms with Crippen molar-refractivity contribution in [2.45, 2.75) is 33.6 Å². The van der Waals surface area contributed by atoms with Gasteiger partial charge in [-0.25, -0.2) is 9.59 Å². The van der Waals surface area contributed by atoms with Crippen molar-refractivity contribution >= 4 is 17.6 Å². The normalized spacial score (nSPS) is 14.8. The zero-order valence-corrected chi connectivity index (χ0v) is 15.3. The maximum absolute atomic E-state index is 12.6. The third kappa shape index (κ3) is 3.82. The molecule has 0 amide bonds. The molecular weight excluding hydrogens is 336 g/mol. The monoisotopic (exact) mass is 358 g/mol. The maximum Gasteiger partial charge on any atom is 0.336 e. The van der Waals surface area contributed by atoms with Gasteiger partial charge in [-0.05, 0) is 50.6 Å². The van der Waals surface area contributed by atoms with E-state index in [1.165, 1.54) is 0 Å². The number of benzene rings is 1. The van der Waals surface area contributed by atoms with Crippen LogP contribution in [0.2, 0.25) is 0 Å². The first-order chi connectivity index (χ1) is 12.4. The van der Waals surface area contributed by atoms with Crippen LogP contribution in [0.5, 0.6) is 0 Å². The number of dihydropyridines is 1. The Morgan fingerprint density at radius 3 is 2.04 bits per heavy atom. The van der Waals surface area contributed by atoms with E-state index in [4.69, 9.17) is 9.47 Å². The van der Waals surface area contributed by atoms with Crippen LogP contribution in [0.25, 0.3) is 0 Å². The van der Waals surface area contributed by atoms with E-state index in [1.807, 2.05) is 0 Å². The molecule has 1 heterocycles. The van der Waals surface area contributed by atoms with Gasteiger partial charge in [0.2, 0.25) is 0 Å². The number of esters is 2. The first-order valence-corrected chi connectivity index (χ1v) is 8.40. The van der Waals surface area contributed by atoms with Crippen molar-refractivity contribution in [2.24, 2.45) is 5.18 Å². The molecule has 1 aromatic carbocycles. The molecule has 0 aliphatic carbocycles. The van der Waals surface area contributed by atoms with Crippen LogP contribution in [0, 0.1) is 4.91 Å². The van der Waals surface area contributed by atoms with Crippen molar-refractivity contribution in [2.75, 3.05) is 13.2 Å². The number of rotatable bonds is 6. The molecule has 0 aromatic heterocycles. The highest BCUT2D eigenvalue weighted by Gasteiger charge is 2.37. The number of ether oxygens (including phenoxy) is 2. The summed E-state index contributed by atoms with van der Waals surface area (Å²) < 4.78 is 10.4. The molecule has 0 bridgehead atoms. The third-order valence-corrected chi connectivity index (χ3v) is 4.06. The summed E-state index contributed by atoms with van der Waals surface area (Å²) in [5.41, 5.74) is 2.59. The second-order valence-corrected chi connectivity index (χ2v) is 5.76. The Kier molecular flexibility index (Phi) is 6.27. The summed E-state index contributed by atoms with van der Waals surface area (Å²) >= 11 is 0. The highest BCUT2D eigenvalue weighted by Crippen LogP contribution is 2.40. The Hall–Kier alpha value is -2.96. The van der Waals surface area contributed by atoms with Gasteiger partial charge in [0.15, 0.2) is 0 Å². The van der Waals surface area contributed by atoms with Crippen LogP contribution in [0.15, 0.2) is 52.0 Å². The molecule has 1 aliphatic heterocycles. The van der Waals surface area contributed by atoms with Crippen LogP contribution in [-0.2, 0) is 19.1 Å². The number of hydrogen-bond acceptors (Lipinski definition) is 7. The minimum atomic E-state index is -0.712. The number of allylic oxidation sites excluding steroid dienone is 2. The van der Waals surface area contributed by atoms with Crippen molar-refractivity contribution in [1.82, 2.24) is 5.32 Å². The summed E-state index contributed by atoms with van der Waals surface area (Å²) in [7, 11) is 0. The molecule has 0 unspecified atom stereocenters. The standard InChI is InChI=1S/C19H22N2O5/c1-5-25-18(22)15-11(3)20-12(4)16(19(23)26-6-2)17(15)13-8-7-9-14(10-13)21-24/h7-10,17,20H,5-6H2,1-4H3. The summed E-state index contributed by atoms with van der Waals surface area (Å²) in [6.07, 6.45) is 0. The summed E-state index contributed by atoms with van der Waals surface area (Å²) in [5, 5.41) is 6.01. The maximum atomic E-state index is 12.6. The van der Waals surface area contributed by atoms with Gasteiger partial charge in [-0.2, -0.15) is 0 Å². The topological polar surface area (TPSA) is 94.1 Å². The lowest BCUT2D eigenvalue weighted by Gasteiger charge is -2.30. The molecule has 2 rings (SSSR count). The molecule has 0 spiro atoms. The van der Waals surface area contributed by atoms with Gasteiger partial charge < -0.3 is 14.8 Å². The molecule has 7 nitrogen and oxygen atoms in total. The van der Waals surface area contributed by atoms with Crippen molar-refractivity contribution in [3.05, 3.63) is 57.3 Å². The van der Waals surface area contributed by atoms with E-state index in [2.05, 4.69) is 10.5 Å². The zero-order valence-electron chi connectivity index (χ0n) is 15.3. The minimum Gasteiger partial charge on any atom is -0.463 e. The van der Waals surface area contributed by atoms with Gasteiger partial charge in [-0.1, -0.05) is 12.1 Å². The van der Waals surface area contributed by atoms with Gasteiger partial charge in [-0.15, -0.1) is 4.91 Å². The summed E-state index contributed by atoms with van der Waals surface area (Å²) in [6.45, 7) is 7.32. The highest BCUT2D eigenvalue weighted by atomic mass is 16.5. The molecule has 1 aliphatic rings. The van der Waals surface area contributed by atoms with E-state index in [-0.39, 0.29) is 18.9 Å². The predicted octanol–water partition coefficient (Wildman–Crippen LogP) is 3.45. The molecule has 7 heteroatoms. The van der Waals surface area contributed by atoms with Crippen molar-refractivity contribution < 1.29 is 19.1 Å². The third-order valence-electron chi connectivity index (χ3n) is 4.06. The molecule has 0 saturated carbocycles. The van der Waals surface area contributed by atoms with E-state index in [0.717, 1.165) is 0 Å². The second-order valence-electron chi connectivity index (χ2n) is 5.76. The molecule has 138 valence electrons. The van der Waals surface area contributed by atoms with Crippen molar-refractivity contribution in [1.29, 1.82) is 0 Å². The average molecular weight is 358 g/mol. The van der Waals surface area contributed by atoms with Gasteiger partial charge in [-0.3, -0.25) is 0 Å². The average Bonchev–Trinajstić information content (AvgIpc) is 2.61. The molecular formula is C19H22N2O5. The lowest BCUT2D eigenvalue weighted by Crippen LogP contribution is -2.32. The van der Waals surface area contributed by atoms with Crippen molar-refractivity contribution in [3.63, 3.8) is 0 Å². The van der Waals surface area contributed by atoms with Gasteiger partial charge >= 0.3 is 11.9 Å². The molecule has 1 N–H and O–H groups in total. The first-order valence-electron chi connectivity index (χ1n) is 8.40. The Balaban J connectivity index is 2.66. The number of nitrogens with zero attached hydrogens (tertiary/aromatic N) is 1. The van der Waals surface area contributed by atoms with E-state index >= 15 is 0 Å². The SMILES string of the molecule is CCOC(=O)C1=C(C)NC(C)=C(C(=O)OCC)C1c1cccc(N=O)c1. The fraction of sp³-hybridized carbons (Fsp3) is 0.368. The smallest absolute Gasteiger partial charge is 0.336 e. The quantitative estimate of drug-likeness (QED) is 0.618. The van der Waals surface area contributed by atoms with E-state index in [0.29, 0.717) is 28.1 Å². The molecule has 26 heavy (non-hydrogen) atoms. The molecule has 0 fully saturated rings. The Morgan fingerprint density at radius 1 is 1.04 bits per heavy atom. The van der Waals surface area contributed by atoms with E-state index < -0.39 is 17.9 Å². The Bertz CT molecular complexity index is 755. The highest BCUT2D eigenvalue weighted by molar-refractivity contribution is 5.99. The Morgan fingerprint density at radius 2 is 1.58 bits per heavy atom. The lowest BCUT2D eigenvalue weighted by molar-refractivity contribution is -0.139. The fourth-order valence-electron chi connectivity index (χ4n) is 3.05. The van der Waals surface area contributed by atoms with Gasteiger partial charge in [0, 0.05) is 11.4 Å². The molecule has 1 aromatic rings. The number of carbonyl (C=O) groups excluding carboxylic acids is 2. The van der Waals surface area contributed by atoms with Crippen LogP contribution < -0.4 is 5.32 Å². The summed E-state index contributed by atoms with van der Waals surface area (Å²) in [6, 6.07) is 6.51. The van der Waals surface area contributed by atoms with Crippen LogP contribution in [-0.4, -0.2) is 25.2 Å². The lowest BCUT2D eigenvalue weighted by atomic mass is 9.80. The zero-order chi connectivity index (χ0) is 19.3. The van der Waals surface area contributed by atoms with E-state index in [1.54, 1.807) is 52.0 Å². The number of hydrogen-bond donors (Lipinski definition) is 1. The summed E-state index contributed by atoms with van der Waals surface area (Å²) in [4.78, 5) is 36.1. The van der Waals surface area contributed by atoms with Gasteiger partial charge in [0.05, 0.1) is 30.3 Å². The summed E-state index contributed by atoms with van der Waals surface area (Å²) in [5.74, 6) is -1.77. The van der Waals surface area contributed by atoms with Crippen molar-refractivity contribution in [3.8, 4) is 0 Å². The first kappa shape index (κ1) is 19.4. The fourth-order valence-corrected chi connectivity index (χ4v) is 3.05. The predicted molar refractivity (Wildman–Crippen MR) is 96.4 cm³/mol. The van der Waals surface area contributed by atoms with Crippen LogP contribution >= 0.6 is 0 Å². The Labute approximate surface area is 152 Å². The largest absolute Gasteiger partial charge is 0.463 e. The van der Waals surface area contributed by atoms with Crippen LogP contribution in [0.4, 0.5) is 5.69 Å². The molecule has 0 radical (unpaired) electrons. The van der Waals surface area contributed by atoms with E-state index in [9.17, 15) is 14.5 Å². The minimum absolute atomic E-state index is 0.204. The van der Waals surface area contributed by atoms with Crippen LogP contribution in [0.1, 0.15) is 39.2 Å². The molecule has 0 saturated heterocycles. The van der Waals surface area contributed by atoms with Crippen LogP contribution in [0.3, 0.4) is 0 Å². The number of carbonyl (C=O) groups is 2. The number of nitroso groups, excluding NO2 is 1. The second kappa shape index (κ2) is 8.42. The number of nitrogens with one attached hydrogen (secondary N) is 1.